The Morgan fingerprint density at radius 3 is 1.82 bits per heavy atom. The third-order valence-electron chi connectivity index (χ3n) is 2.39. The average Bonchev–Trinajstić information content (AvgIpc) is 2.51. The van der Waals surface area contributed by atoms with E-state index < -0.39 is 23.7 Å². The predicted molar refractivity (Wildman–Crippen MR) is 52.1 cm³/mol. The SMILES string of the molecule is C=C(N1C(=O)c2ccccc2C1=O)C(F)(F)F. The van der Waals surface area contributed by atoms with Crippen LogP contribution in [0.2, 0.25) is 0 Å². The van der Waals surface area contributed by atoms with E-state index in [2.05, 4.69) is 6.58 Å². The van der Waals surface area contributed by atoms with Crippen LogP contribution in [0.25, 0.3) is 0 Å². The number of amides is 2. The molecule has 88 valence electrons. The Kier molecular flexibility index (Phi) is 2.30. The second-order valence-corrected chi connectivity index (χ2v) is 3.44. The van der Waals surface area contributed by atoms with Gasteiger partial charge in [0.15, 0.2) is 0 Å². The van der Waals surface area contributed by atoms with Gasteiger partial charge in [0.1, 0.15) is 5.70 Å². The lowest BCUT2D eigenvalue weighted by Gasteiger charge is -2.18. The zero-order valence-electron chi connectivity index (χ0n) is 8.41. The molecule has 0 unspecified atom stereocenters. The smallest absolute Gasteiger partial charge is 0.268 e. The molecule has 0 aliphatic carbocycles. The second-order valence-electron chi connectivity index (χ2n) is 3.44. The molecule has 17 heavy (non-hydrogen) atoms. The van der Waals surface area contributed by atoms with Crippen LogP contribution >= 0.6 is 0 Å². The maximum atomic E-state index is 12.4. The number of allylic oxidation sites excluding steroid dienone is 1. The molecule has 0 N–H and O–H groups in total. The van der Waals surface area contributed by atoms with E-state index in [0.29, 0.717) is 0 Å². The van der Waals surface area contributed by atoms with Gasteiger partial charge in [-0.25, -0.2) is 4.90 Å². The number of imide groups is 1. The summed E-state index contributed by atoms with van der Waals surface area (Å²) in [6.07, 6.45) is -4.81. The van der Waals surface area contributed by atoms with Crippen molar-refractivity contribution in [2.45, 2.75) is 6.18 Å². The molecule has 0 saturated heterocycles. The number of hydrogen-bond acceptors (Lipinski definition) is 2. The molecular formula is C11H6F3NO2. The number of carbonyl (C=O) groups excluding carboxylic acids is 2. The molecule has 0 spiro atoms. The van der Waals surface area contributed by atoms with E-state index in [1.165, 1.54) is 24.3 Å². The highest BCUT2D eigenvalue weighted by Crippen LogP contribution is 2.33. The van der Waals surface area contributed by atoms with Crippen molar-refractivity contribution in [3.05, 3.63) is 47.7 Å². The Morgan fingerprint density at radius 2 is 1.47 bits per heavy atom. The van der Waals surface area contributed by atoms with Gasteiger partial charge in [-0.1, -0.05) is 18.7 Å². The second kappa shape index (κ2) is 3.44. The lowest BCUT2D eigenvalue weighted by atomic mass is 10.1. The summed E-state index contributed by atoms with van der Waals surface area (Å²) in [5, 5.41) is 0. The van der Waals surface area contributed by atoms with Crippen molar-refractivity contribution in [2.24, 2.45) is 0 Å². The van der Waals surface area contributed by atoms with Crippen LogP contribution in [0.1, 0.15) is 20.7 Å². The van der Waals surface area contributed by atoms with Gasteiger partial charge in [0, 0.05) is 0 Å². The van der Waals surface area contributed by atoms with Crippen LogP contribution in [-0.2, 0) is 0 Å². The van der Waals surface area contributed by atoms with Crippen LogP contribution in [0, 0.1) is 0 Å². The predicted octanol–water partition coefficient (Wildman–Crippen LogP) is 2.36. The van der Waals surface area contributed by atoms with Crippen molar-refractivity contribution in [3.63, 3.8) is 0 Å². The van der Waals surface area contributed by atoms with E-state index in [0.717, 1.165) is 0 Å². The van der Waals surface area contributed by atoms with Crippen molar-refractivity contribution in [2.75, 3.05) is 0 Å². The molecule has 2 amide bonds. The highest BCUT2D eigenvalue weighted by atomic mass is 19.4. The first-order valence-corrected chi connectivity index (χ1v) is 4.58. The van der Waals surface area contributed by atoms with Crippen molar-refractivity contribution >= 4 is 11.8 Å². The summed E-state index contributed by atoms with van der Waals surface area (Å²) < 4.78 is 37.3. The maximum absolute atomic E-state index is 12.4. The lowest BCUT2D eigenvalue weighted by Crippen LogP contribution is -2.35. The standard InChI is InChI=1S/C11H6F3NO2/c1-6(11(12,13)14)15-9(16)7-4-2-3-5-8(7)10(15)17/h2-5H,1H2. The van der Waals surface area contributed by atoms with E-state index in [1.54, 1.807) is 0 Å². The molecule has 0 fully saturated rings. The Morgan fingerprint density at radius 1 is 1.06 bits per heavy atom. The molecule has 3 nitrogen and oxygen atoms in total. The summed E-state index contributed by atoms with van der Waals surface area (Å²) in [6.45, 7) is 2.75. The number of alkyl halides is 3. The van der Waals surface area contributed by atoms with Crippen LogP contribution < -0.4 is 0 Å². The maximum Gasteiger partial charge on any atom is 0.431 e. The minimum Gasteiger partial charge on any atom is -0.268 e. The monoisotopic (exact) mass is 241 g/mol. The van der Waals surface area contributed by atoms with Crippen LogP contribution in [0.15, 0.2) is 36.5 Å². The molecule has 1 aliphatic heterocycles. The van der Waals surface area contributed by atoms with Gasteiger partial charge in [-0.2, -0.15) is 13.2 Å². The van der Waals surface area contributed by atoms with Crippen molar-refractivity contribution in [1.82, 2.24) is 4.90 Å². The highest BCUT2D eigenvalue weighted by Gasteiger charge is 2.46. The molecule has 6 heteroatoms. The highest BCUT2D eigenvalue weighted by molar-refractivity contribution is 6.22. The van der Waals surface area contributed by atoms with Crippen LogP contribution in [0.4, 0.5) is 13.2 Å². The fourth-order valence-corrected chi connectivity index (χ4v) is 1.56. The van der Waals surface area contributed by atoms with Gasteiger partial charge in [0.2, 0.25) is 0 Å². The fraction of sp³-hybridized carbons (Fsp3) is 0.0909. The van der Waals surface area contributed by atoms with E-state index in [4.69, 9.17) is 0 Å². The Balaban J connectivity index is 2.47. The Bertz CT molecular complexity index is 499. The third-order valence-corrected chi connectivity index (χ3v) is 2.39. The number of rotatable bonds is 1. The molecule has 1 aliphatic rings. The van der Waals surface area contributed by atoms with E-state index in [-0.39, 0.29) is 16.0 Å². The molecule has 2 rings (SSSR count). The summed E-state index contributed by atoms with van der Waals surface area (Å²) in [4.78, 5) is 23.3. The van der Waals surface area contributed by atoms with E-state index in [9.17, 15) is 22.8 Å². The third kappa shape index (κ3) is 1.61. The minimum atomic E-state index is -4.81. The van der Waals surface area contributed by atoms with Gasteiger partial charge in [-0.05, 0) is 12.1 Å². The number of hydrogen-bond donors (Lipinski definition) is 0. The molecule has 0 atom stereocenters. The average molecular weight is 241 g/mol. The van der Waals surface area contributed by atoms with Gasteiger partial charge >= 0.3 is 6.18 Å². The summed E-state index contributed by atoms with van der Waals surface area (Å²) in [5.41, 5.74) is -1.55. The normalized spacial score (nSPS) is 15.1. The van der Waals surface area contributed by atoms with Crippen LogP contribution in [-0.4, -0.2) is 22.9 Å². The zero-order chi connectivity index (χ0) is 12.8. The number of halogens is 3. The van der Waals surface area contributed by atoms with Gasteiger partial charge in [0.25, 0.3) is 11.8 Å². The number of benzene rings is 1. The van der Waals surface area contributed by atoms with Gasteiger partial charge in [-0.15, -0.1) is 0 Å². The van der Waals surface area contributed by atoms with Crippen molar-refractivity contribution in [1.29, 1.82) is 0 Å². The van der Waals surface area contributed by atoms with Crippen LogP contribution in [0.3, 0.4) is 0 Å². The van der Waals surface area contributed by atoms with Gasteiger partial charge in [-0.3, -0.25) is 9.59 Å². The first-order valence-electron chi connectivity index (χ1n) is 4.58. The number of carbonyl (C=O) groups is 2. The Labute approximate surface area is 94.1 Å². The van der Waals surface area contributed by atoms with Crippen molar-refractivity contribution in [3.8, 4) is 0 Å². The molecule has 1 heterocycles. The number of fused-ring (bicyclic) bond motifs is 1. The zero-order valence-corrected chi connectivity index (χ0v) is 8.41. The van der Waals surface area contributed by atoms with Crippen molar-refractivity contribution < 1.29 is 22.8 Å². The topological polar surface area (TPSA) is 37.4 Å². The molecule has 1 aromatic rings. The van der Waals surface area contributed by atoms with E-state index >= 15 is 0 Å². The van der Waals surface area contributed by atoms with E-state index in [1.807, 2.05) is 0 Å². The van der Waals surface area contributed by atoms with Crippen LogP contribution in [0.5, 0.6) is 0 Å². The quantitative estimate of drug-likeness (QED) is 0.708. The molecule has 0 saturated carbocycles. The first-order chi connectivity index (χ1) is 7.84. The summed E-state index contributed by atoms with van der Waals surface area (Å²) in [6, 6.07) is 5.56. The minimum absolute atomic E-state index is 0.0390. The van der Waals surface area contributed by atoms with Gasteiger partial charge < -0.3 is 0 Å². The molecule has 1 aromatic carbocycles. The molecule has 0 bridgehead atoms. The molecular weight excluding hydrogens is 235 g/mol. The lowest BCUT2D eigenvalue weighted by molar-refractivity contribution is -0.104. The largest absolute Gasteiger partial charge is 0.431 e. The van der Waals surface area contributed by atoms with Gasteiger partial charge in [0.05, 0.1) is 11.1 Å². The molecule has 0 aromatic heterocycles. The first kappa shape index (κ1) is 11.4. The molecule has 0 radical (unpaired) electrons. The summed E-state index contributed by atoms with van der Waals surface area (Å²) >= 11 is 0. The Hall–Kier alpha value is -2.11. The summed E-state index contributed by atoms with van der Waals surface area (Å²) in [5.74, 6) is -1.99. The number of nitrogens with zero attached hydrogens (tertiary/aromatic N) is 1. The fourth-order valence-electron chi connectivity index (χ4n) is 1.56. The summed E-state index contributed by atoms with van der Waals surface area (Å²) in [7, 11) is 0.